The lowest BCUT2D eigenvalue weighted by Crippen LogP contribution is -2.07. The number of pyridine rings is 1. The Balaban J connectivity index is 1.51. The molecule has 0 atom stereocenters. The van der Waals surface area contributed by atoms with Crippen molar-refractivity contribution in [3.8, 4) is 33.9 Å². The molecule has 10 heteroatoms. The first kappa shape index (κ1) is 26.8. The van der Waals surface area contributed by atoms with Crippen LogP contribution in [0.5, 0.6) is 11.6 Å². The summed E-state index contributed by atoms with van der Waals surface area (Å²) in [5.41, 5.74) is 3.50. The Morgan fingerprint density at radius 2 is 1.82 bits per heavy atom. The maximum Gasteiger partial charge on any atom is 0.416 e. The van der Waals surface area contributed by atoms with E-state index in [0.717, 1.165) is 40.4 Å². The first-order chi connectivity index (χ1) is 19.2. The molecular weight excluding hydrogens is 541 g/mol. The summed E-state index contributed by atoms with van der Waals surface area (Å²) in [6.07, 6.45) is 2.77. The van der Waals surface area contributed by atoms with E-state index in [0.29, 0.717) is 21.8 Å². The second kappa shape index (κ2) is 11.2. The summed E-state index contributed by atoms with van der Waals surface area (Å²) < 4.78 is 44.7. The zero-order valence-electron chi connectivity index (χ0n) is 20.9. The minimum atomic E-state index is -4.52. The van der Waals surface area contributed by atoms with E-state index in [4.69, 9.17) is 16.3 Å². The number of amides is 1. The molecule has 0 aliphatic carbocycles. The topological polar surface area (TPSA) is 77.0 Å². The van der Waals surface area contributed by atoms with Gasteiger partial charge >= 0.3 is 6.18 Å². The van der Waals surface area contributed by atoms with Crippen LogP contribution in [-0.2, 0) is 11.0 Å². The summed E-state index contributed by atoms with van der Waals surface area (Å²) in [5, 5.41) is 3.92. The zero-order chi connectivity index (χ0) is 28.3. The number of carbonyl (C=O) groups excluding carboxylic acids is 1. The monoisotopic (exact) mass is 560 g/mol. The van der Waals surface area contributed by atoms with Crippen molar-refractivity contribution in [1.82, 2.24) is 15.0 Å². The molecular formula is C30H20ClF3N4O2. The molecule has 3 aromatic carbocycles. The van der Waals surface area contributed by atoms with Crippen LogP contribution in [0.1, 0.15) is 12.5 Å². The number of anilines is 1. The van der Waals surface area contributed by atoms with Crippen LogP contribution in [0.2, 0.25) is 5.02 Å². The number of nitrogens with zero attached hydrogens (tertiary/aromatic N) is 3. The highest BCUT2D eigenvalue weighted by atomic mass is 35.5. The van der Waals surface area contributed by atoms with Crippen molar-refractivity contribution in [3.05, 3.63) is 108 Å². The highest BCUT2D eigenvalue weighted by Gasteiger charge is 2.31. The highest BCUT2D eigenvalue weighted by molar-refractivity contribution is 6.33. The third kappa shape index (κ3) is 5.94. The van der Waals surface area contributed by atoms with Gasteiger partial charge in [-0.25, -0.2) is 15.0 Å². The van der Waals surface area contributed by atoms with Gasteiger partial charge in [0.2, 0.25) is 11.8 Å². The molecule has 6 nitrogen and oxygen atoms in total. The van der Waals surface area contributed by atoms with Crippen molar-refractivity contribution in [3.63, 3.8) is 0 Å². The Morgan fingerprint density at radius 3 is 2.60 bits per heavy atom. The van der Waals surface area contributed by atoms with E-state index in [1.54, 1.807) is 37.4 Å². The fourth-order valence-corrected chi connectivity index (χ4v) is 4.41. The summed E-state index contributed by atoms with van der Waals surface area (Å²) in [7, 11) is 0. The predicted molar refractivity (Wildman–Crippen MR) is 148 cm³/mol. The number of hydrogen-bond donors (Lipinski definition) is 1. The molecule has 5 rings (SSSR count). The number of rotatable bonds is 6. The van der Waals surface area contributed by atoms with Gasteiger partial charge in [-0.05, 0) is 66.6 Å². The number of nitrogens with one attached hydrogen (secondary N) is 1. The van der Waals surface area contributed by atoms with Gasteiger partial charge in [-0.15, -0.1) is 0 Å². The molecule has 0 aliphatic rings. The van der Waals surface area contributed by atoms with Crippen molar-refractivity contribution in [2.24, 2.45) is 0 Å². The molecule has 2 heterocycles. The van der Waals surface area contributed by atoms with Crippen LogP contribution in [0.25, 0.3) is 33.2 Å². The summed E-state index contributed by atoms with van der Waals surface area (Å²) in [5.74, 6) is -0.213. The number of ether oxygens (including phenoxy) is 1. The Bertz CT molecular complexity index is 1760. The van der Waals surface area contributed by atoms with Crippen LogP contribution in [0.4, 0.5) is 18.9 Å². The van der Waals surface area contributed by atoms with Gasteiger partial charge in [0.05, 0.1) is 16.1 Å². The summed E-state index contributed by atoms with van der Waals surface area (Å²) in [4.78, 5) is 24.5. The van der Waals surface area contributed by atoms with Crippen molar-refractivity contribution < 1.29 is 22.7 Å². The molecule has 40 heavy (non-hydrogen) atoms. The number of benzene rings is 3. The maximum atomic E-state index is 13.1. The van der Waals surface area contributed by atoms with Crippen LogP contribution in [0, 0.1) is 0 Å². The Morgan fingerprint density at radius 1 is 0.975 bits per heavy atom. The van der Waals surface area contributed by atoms with Gasteiger partial charge in [0.1, 0.15) is 12.1 Å². The second-order valence-corrected chi connectivity index (χ2v) is 9.09. The molecule has 0 unspecified atom stereocenters. The molecule has 0 saturated carbocycles. The Hall–Kier alpha value is -4.76. The van der Waals surface area contributed by atoms with Gasteiger partial charge < -0.3 is 10.1 Å². The lowest BCUT2D eigenvalue weighted by atomic mass is 9.95. The van der Waals surface area contributed by atoms with Gasteiger partial charge in [-0.1, -0.05) is 29.8 Å². The van der Waals surface area contributed by atoms with Crippen molar-refractivity contribution in [1.29, 1.82) is 0 Å². The quantitative estimate of drug-likeness (QED) is 0.211. The molecule has 1 N–H and O–H groups in total. The largest absolute Gasteiger partial charge is 0.439 e. The number of fused-ring (bicyclic) bond motifs is 1. The average molecular weight is 561 g/mol. The van der Waals surface area contributed by atoms with Crippen LogP contribution in [0.3, 0.4) is 0 Å². The molecule has 2 aromatic heterocycles. The summed E-state index contributed by atoms with van der Waals surface area (Å²) >= 11 is 6.63. The smallest absolute Gasteiger partial charge is 0.416 e. The van der Waals surface area contributed by atoms with Gasteiger partial charge in [0.15, 0.2) is 0 Å². The van der Waals surface area contributed by atoms with Gasteiger partial charge in [0.25, 0.3) is 0 Å². The standard InChI is InChI=1S/C30H20ClF3N4O2/c1-2-4-27(39)38-22-6-3-5-18(12-22)25-13-19(11-20-16-35-17-37-29(20)25)24-8-7-23(15-26(24)31)40-28-14-21(9-10-36-28)30(32,33)34/h2-17H,1H3,(H,38,39)/b4-2+. The van der Waals surface area contributed by atoms with E-state index in [2.05, 4.69) is 20.3 Å². The molecule has 0 aliphatic heterocycles. The first-order valence-corrected chi connectivity index (χ1v) is 12.4. The Kier molecular flexibility index (Phi) is 7.48. The minimum absolute atomic E-state index is 0.204. The van der Waals surface area contributed by atoms with E-state index < -0.39 is 11.7 Å². The molecule has 0 fully saturated rings. The highest BCUT2D eigenvalue weighted by Crippen LogP contribution is 2.38. The molecule has 5 aromatic rings. The van der Waals surface area contributed by atoms with E-state index in [9.17, 15) is 18.0 Å². The lowest BCUT2D eigenvalue weighted by Gasteiger charge is -2.13. The van der Waals surface area contributed by atoms with Gasteiger partial charge in [-0.2, -0.15) is 13.2 Å². The lowest BCUT2D eigenvalue weighted by molar-refractivity contribution is -0.137. The molecule has 0 bridgehead atoms. The number of aromatic nitrogens is 3. The second-order valence-electron chi connectivity index (χ2n) is 8.68. The fraction of sp³-hybridized carbons (Fsp3) is 0.0667. The van der Waals surface area contributed by atoms with Gasteiger partial charge in [0, 0.05) is 46.7 Å². The van der Waals surface area contributed by atoms with Gasteiger partial charge in [-0.3, -0.25) is 4.79 Å². The molecule has 0 saturated heterocycles. The number of hydrogen-bond acceptors (Lipinski definition) is 5. The van der Waals surface area contributed by atoms with E-state index in [-0.39, 0.29) is 17.5 Å². The number of allylic oxidation sites excluding steroid dienone is 1. The van der Waals surface area contributed by atoms with Crippen LogP contribution in [0.15, 0.2) is 97.6 Å². The molecule has 0 spiro atoms. The maximum absolute atomic E-state index is 13.1. The van der Waals surface area contributed by atoms with Crippen LogP contribution in [-0.4, -0.2) is 20.9 Å². The molecule has 1 amide bonds. The van der Waals surface area contributed by atoms with E-state index >= 15 is 0 Å². The fourth-order valence-electron chi connectivity index (χ4n) is 4.14. The normalized spacial score (nSPS) is 11.6. The third-order valence-electron chi connectivity index (χ3n) is 5.90. The SMILES string of the molecule is C/C=C/C(=O)Nc1cccc(-c2cc(-c3ccc(Oc4cc(C(F)(F)F)ccn4)cc3Cl)cc3cncnc23)c1. The third-order valence-corrected chi connectivity index (χ3v) is 6.21. The Labute approximate surface area is 232 Å². The number of halogens is 4. The predicted octanol–water partition coefficient (Wildman–Crippen LogP) is 8.34. The van der Waals surface area contributed by atoms with Crippen molar-refractivity contribution in [2.45, 2.75) is 13.1 Å². The molecule has 200 valence electrons. The van der Waals surface area contributed by atoms with Crippen molar-refractivity contribution in [2.75, 3.05) is 5.32 Å². The van der Waals surface area contributed by atoms with E-state index in [1.165, 1.54) is 18.5 Å². The zero-order valence-corrected chi connectivity index (χ0v) is 21.7. The molecule has 0 radical (unpaired) electrons. The number of alkyl halides is 3. The number of carbonyl (C=O) groups is 1. The first-order valence-electron chi connectivity index (χ1n) is 12.0. The van der Waals surface area contributed by atoms with Crippen molar-refractivity contribution >= 4 is 34.1 Å². The van der Waals surface area contributed by atoms with Crippen LogP contribution >= 0.6 is 11.6 Å². The average Bonchev–Trinajstić information content (AvgIpc) is 2.92. The van der Waals surface area contributed by atoms with E-state index in [1.807, 2.05) is 30.3 Å². The summed E-state index contributed by atoms with van der Waals surface area (Å²) in [6.45, 7) is 1.76. The summed E-state index contributed by atoms with van der Waals surface area (Å²) in [6, 6.07) is 17.7. The van der Waals surface area contributed by atoms with Crippen LogP contribution < -0.4 is 10.1 Å². The minimum Gasteiger partial charge on any atom is -0.439 e.